The van der Waals surface area contributed by atoms with Gasteiger partial charge in [0.2, 0.25) is 10.0 Å². The van der Waals surface area contributed by atoms with Crippen LogP contribution in [0, 0.1) is 11.3 Å². The fourth-order valence-corrected chi connectivity index (χ4v) is 3.96. The SMILES string of the molecule is CCS(=O)(=O)Nc1cccc(CN2CCC(I)(CC#N)CC2)c1. The second kappa shape index (κ2) is 7.81. The number of sulfonamides is 1. The van der Waals surface area contributed by atoms with Crippen LogP contribution >= 0.6 is 22.6 Å². The molecule has 23 heavy (non-hydrogen) atoms. The molecular formula is C16H22IN3O2S. The first-order chi connectivity index (χ1) is 10.9. The quantitative estimate of drug-likeness (QED) is 0.537. The van der Waals surface area contributed by atoms with Crippen molar-refractivity contribution < 1.29 is 8.42 Å². The number of anilines is 1. The molecule has 1 heterocycles. The third kappa shape index (κ3) is 5.62. The monoisotopic (exact) mass is 447 g/mol. The van der Waals surface area contributed by atoms with E-state index in [1.165, 1.54) is 0 Å². The number of hydrogen-bond donors (Lipinski definition) is 1. The summed E-state index contributed by atoms with van der Waals surface area (Å²) in [6, 6.07) is 9.86. The normalized spacial score (nSPS) is 18.3. The lowest BCUT2D eigenvalue weighted by Crippen LogP contribution is -2.40. The largest absolute Gasteiger partial charge is 0.299 e. The predicted octanol–water partition coefficient (Wildman–Crippen LogP) is 3.13. The molecule has 1 N–H and O–H groups in total. The Kier molecular flexibility index (Phi) is 6.28. The van der Waals surface area contributed by atoms with Crippen molar-refractivity contribution in [3.8, 4) is 6.07 Å². The Morgan fingerprint density at radius 1 is 1.39 bits per heavy atom. The van der Waals surface area contributed by atoms with E-state index >= 15 is 0 Å². The van der Waals surface area contributed by atoms with Gasteiger partial charge in [-0.15, -0.1) is 0 Å². The van der Waals surface area contributed by atoms with E-state index in [1.54, 1.807) is 13.0 Å². The Bertz CT molecular complexity index is 677. The number of nitriles is 1. The number of nitrogens with zero attached hydrogens (tertiary/aromatic N) is 2. The number of benzene rings is 1. The Balaban J connectivity index is 1.96. The van der Waals surface area contributed by atoms with Gasteiger partial charge >= 0.3 is 0 Å². The lowest BCUT2D eigenvalue weighted by molar-refractivity contribution is 0.199. The lowest BCUT2D eigenvalue weighted by atomic mass is 9.94. The van der Waals surface area contributed by atoms with E-state index < -0.39 is 10.0 Å². The van der Waals surface area contributed by atoms with Crippen molar-refractivity contribution in [2.45, 2.75) is 36.2 Å². The molecular weight excluding hydrogens is 425 g/mol. The fourth-order valence-electron chi connectivity index (χ4n) is 2.67. The zero-order valence-corrected chi connectivity index (χ0v) is 16.2. The highest BCUT2D eigenvalue weighted by Gasteiger charge is 2.31. The molecule has 5 nitrogen and oxygen atoms in total. The Morgan fingerprint density at radius 3 is 2.70 bits per heavy atom. The van der Waals surface area contributed by atoms with Gasteiger partial charge in [0.25, 0.3) is 0 Å². The summed E-state index contributed by atoms with van der Waals surface area (Å²) in [5.74, 6) is 0.0694. The van der Waals surface area contributed by atoms with Crippen LogP contribution in [0.1, 0.15) is 31.7 Å². The van der Waals surface area contributed by atoms with Gasteiger partial charge in [-0.3, -0.25) is 9.62 Å². The summed E-state index contributed by atoms with van der Waals surface area (Å²) in [6.07, 6.45) is 2.64. The predicted molar refractivity (Wildman–Crippen MR) is 101 cm³/mol. The molecule has 0 amide bonds. The molecule has 126 valence electrons. The smallest absolute Gasteiger partial charge is 0.232 e. The third-order valence-electron chi connectivity index (χ3n) is 4.13. The van der Waals surface area contributed by atoms with Crippen LogP contribution in [0.25, 0.3) is 0 Å². The van der Waals surface area contributed by atoms with E-state index in [9.17, 15) is 8.42 Å². The maximum absolute atomic E-state index is 11.7. The molecule has 1 aromatic carbocycles. The Labute approximate surface area is 152 Å². The van der Waals surface area contributed by atoms with E-state index in [0.717, 1.165) is 38.0 Å². The second-order valence-electron chi connectivity index (χ2n) is 5.97. The van der Waals surface area contributed by atoms with Crippen LogP contribution < -0.4 is 4.72 Å². The molecule has 1 aromatic rings. The molecule has 0 aromatic heterocycles. The molecule has 2 rings (SSSR count). The van der Waals surface area contributed by atoms with E-state index in [0.29, 0.717) is 12.1 Å². The van der Waals surface area contributed by atoms with Crippen molar-refractivity contribution in [2.24, 2.45) is 0 Å². The molecule has 1 aliphatic heterocycles. The van der Waals surface area contributed by atoms with Crippen LogP contribution in [0.15, 0.2) is 24.3 Å². The first kappa shape index (κ1) is 18.5. The van der Waals surface area contributed by atoms with Gasteiger partial charge < -0.3 is 0 Å². The third-order valence-corrected chi connectivity index (χ3v) is 6.90. The minimum atomic E-state index is -3.24. The van der Waals surface area contributed by atoms with Crippen molar-refractivity contribution in [1.82, 2.24) is 4.90 Å². The van der Waals surface area contributed by atoms with Crippen LogP contribution in [0.3, 0.4) is 0 Å². The minimum absolute atomic E-state index is 0.0694. The summed E-state index contributed by atoms with van der Waals surface area (Å²) in [5.41, 5.74) is 1.72. The van der Waals surface area contributed by atoms with Crippen LogP contribution in [-0.2, 0) is 16.6 Å². The molecule has 0 saturated carbocycles. The van der Waals surface area contributed by atoms with Gasteiger partial charge in [-0.1, -0.05) is 34.7 Å². The molecule has 0 atom stereocenters. The van der Waals surface area contributed by atoms with Gasteiger partial charge in [0.1, 0.15) is 0 Å². The average molecular weight is 447 g/mol. The Hall–Kier alpha value is -0.850. The molecule has 0 bridgehead atoms. The zero-order valence-electron chi connectivity index (χ0n) is 13.3. The summed E-state index contributed by atoms with van der Waals surface area (Å²) < 4.78 is 26.0. The summed E-state index contributed by atoms with van der Waals surface area (Å²) in [6.45, 7) is 4.36. The van der Waals surface area contributed by atoms with Crippen LogP contribution in [0.5, 0.6) is 0 Å². The first-order valence-corrected chi connectivity index (χ1v) is 10.5. The van der Waals surface area contributed by atoms with Gasteiger partial charge in [0.05, 0.1) is 11.8 Å². The van der Waals surface area contributed by atoms with Crippen LogP contribution in [0.4, 0.5) is 5.69 Å². The first-order valence-electron chi connectivity index (χ1n) is 7.73. The van der Waals surface area contributed by atoms with E-state index in [-0.39, 0.29) is 9.17 Å². The molecule has 0 spiro atoms. The lowest BCUT2D eigenvalue weighted by Gasteiger charge is -2.36. The molecule has 0 aliphatic carbocycles. The van der Waals surface area contributed by atoms with Crippen molar-refractivity contribution in [3.63, 3.8) is 0 Å². The van der Waals surface area contributed by atoms with Gasteiger partial charge in [-0.25, -0.2) is 8.42 Å². The average Bonchev–Trinajstić information content (AvgIpc) is 2.50. The standard InChI is InChI=1S/C16H22IN3O2S/c1-2-23(21,22)19-15-5-3-4-14(12-15)13-20-10-7-16(17,6-9-18)8-11-20/h3-5,12,19H,2,6-8,10-11,13H2,1H3. The van der Waals surface area contributed by atoms with Crippen molar-refractivity contribution in [1.29, 1.82) is 5.26 Å². The van der Waals surface area contributed by atoms with E-state index in [1.807, 2.05) is 18.2 Å². The molecule has 1 fully saturated rings. The second-order valence-corrected chi connectivity index (χ2v) is 10.3. The molecule has 7 heteroatoms. The van der Waals surface area contributed by atoms with Crippen molar-refractivity contribution >= 4 is 38.3 Å². The molecule has 1 aliphatic rings. The van der Waals surface area contributed by atoms with Gasteiger partial charge in [-0.2, -0.15) is 5.26 Å². The summed E-state index contributed by atoms with van der Waals surface area (Å²) in [5, 5.41) is 8.90. The highest BCUT2D eigenvalue weighted by molar-refractivity contribution is 14.1. The highest BCUT2D eigenvalue weighted by atomic mass is 127. The number of piperidine rings is 1. The van der Waals surface area contributed by atoms with Crippen LogP contribution in [-0.4, -0.2) is 35.6 Å². The number of likely N-dealkylation sites (tertiary alicyclic amines) is 1. The minimum Gasteiger partial charge on any atom is -0.299 e. The molecule has 0 radical (unpaired) electrons. The number of halogens is 1. The maximum atomic E-state index is 11.7. The number of alkyl halides is 1. The van der Waals surface area contributed by atoms with E-state index in [2.05, 4.69) is 38.3 Å². The van der Waals surface area contributed by atoms with Crippen molar-refractivity contribution in [2.75, 3.05) is 23.6 Å². The number of rotatable bonds is 6. The Morgan fingerprint density at radius 2 is 2.09 bits per heavy atom. The number of nitrogens with one attached hydrogen (secondary N) is 1. The molecule has 0 unspecified atom stereocenters. The summed E-state index contributed by atoms with van der Waals surface area (Å²) in [4.78, 5) is 2.36. The summed E-state index contributed by atoms with van der Waals surface area (Å²) in [7, 11) is -3.24. The molecule has 1 saturated heterocycles. The van der Waals surface area contributed by atoms with Crippen LogP contribution in [0.2, 0.25) is 0 Å². The maximum Gasteiger partial charge on any atom is 0.232 e. The van der Waals surface area contributed by atoms with Gasteiger partial charge in [-0.05, 0) is 50.6 Å². The van der Waals surface area contributed by atoms with Crippen molar-refractivity contribution in [3.05, 3.63) is 29.8 Å². The van der Waals surface area contributed by atoms with Gasteiger partial charge in [0.15, 0.2) is 0 Å². The van der Waals surface area contributed by atoms with E-state index in [4.69, 9.17) is 5.26 Å². The highest BCUT2D eigenvalue weighted by Crippen LogP contribution is 2.35. The fraction of sp³-hybridized carbons (Fsp3) is 0.562. The van der Waals surface area contributed by atoms with Gasteiger partial charge in [0, 0.05) is 22.1 Å². The zero-order chi connectivity index (χ0) is 16.9. The number of hydrogen-bond acceptors (Lipinski definition) is 4. The topological polar surface area (TPSA) is 73.2 Å². The summed E-state index contributed by atoms with van der Waals surface area (Å²) >= 11 is 2.43.